The molecule has 2 aliphatic heterocycles. The molecule has 4 atom stereocenters. The Morgan fingerprint density at radius 3 is 2.46 bits per heavy atom. The van der Waals surface area contributed by atoms with Gasteiger partial charge in [-0.1, -0.05) is 0 Å². The molecule has 4 aromatic rings. The molecule has 2 fully saturated rings. The predicted octanol–water partition coefficient (Wildman–Crippen LogP) is 4.47. The van der Waals surface area contributed by atoms with Crippen molar-refractivity contribution in [1.82, 2.24) is 30.0 Å². The Balaban J connectivity index is 1.29. The van der Waals surface area contributed by atoms with Crippen LogP contribution in [0.3, 0.4) is 0 Å². The minimum absolute atomic E-state index is 0.0448. The molecule has 39 heavy (non-hydrogen) atoms. The lowest BCUT2D eigenvalue weighted by Crippen LogP contribution is -2.49. The summed E-state index contributed by atoms with van der Waals surface area (Å²) in [6.07, 6.45) is -3.11. The summed E-state index contributed by atoms with van der Waals surface area (Å²) in [6, 6.07) is 7.05. The van der Waals surface area contributed by atoms with E-state index in [4.69, 9.17) is 4.74 Å². The highest BCUT2D eigenvalue weighted by Gasteiger charge is 2.52. The maximum Gasteiger partial charge on any atom is 0.409 e. The van der Waals surface area contributed by atoms with Crippen molar-refractivity contribution in [2.75, 3.05) is 23.7 Å². The number of urea groups is 1. The zero-order valence-corrected chi connectivity index (χ0v) is 20.2. The number of anilines is 2. The van der Waals surface area contributed by atoms with E-state index < -0.39 is 36.6 Å². The zero-order chi connectivity index (χ0) is 27.1. The van der Waals surface area contributed by atoms with Crippen molar-refractivity contribution in [1.29, 1.82) is 0 Å². The van der Waals surface area contributed by atoms with Crippen LogP contribution in [0.25, 0.3) is 22.4 Å². The summed E-state index contributed by atoms with van der Waals surface area (Å²) in [6.45, 7) is -0.274. The lowest BCUT2D eigenvalue weighted by atomic mass is 10.1. The second-order valence-corrected chi connectivity index (χ2v) is 9.40. The fourth-order valence-electron chi connectivity index (χ4n) is 5.01. The molecule has 2 bridgehead atoms. The molecule has 3 N–H and O–H groups in total. The number of hydrogen-bond donors (Lipinski definition) is 3. The van der Waals surface area contributed by atoms with Crippen LogP contribution in [0.1, 0.15) is 18.2 Å². The Hall–Kier alpha value is -4.17. The number of H-pyrrole nitrogens is 1. The quantitative estimate of drug-likeness (QED) is 0.318. The van der Waals surface area contributed by atoms with Gasteiger partial charge in [0.2, 0.25) is 0 Å². The van der Waals surface area contributed by atoms with Crippen LogP contribution in [-0.2, 0) is 4.74 Å². The number of alkyl halides is 4. The molecule has 2 amide bonds. The van der Waals surface area contributed by atoms with Crippen molar-refractivity contribution < 1.29 is 27.1 Å². The molecule has 0 saturated carbocycles. The fraction of sp³-hybridized carbons (Fsp3) is 0.320. The zero-order valence-electron chi connectivity index (χ0n) is 20.2. The van der Waals surface area contributed by atoms with Gasteiger partial charge in [0, 0.05) is 48.8 Å². The molecule has 1 aromatic carbocycles. The Bertz CT molecular complexity index is 1480. The summed E-state index contributed by atoms with van der Waals surface area (Å²) in [7, 11) is 0. The molecule has 6 rings (SSSR count). The number of carbonyl (C=O) groups is 1. The molecule has 14 heteroatoms. The number of hydrogen-bond acceptors (Lipinski definition) is 7. The average molecular weight is 542 g/mol. The standard InChI is InChI=1S/C25H22F4N8O2/c26-18-9-16-11-37(12-19(18)39-16)21(25(27,28)29)20-17-10-31-36-23(17)35-22(34-20)13-1-3-14(4-2-13)32-24(38)33-15-5-7-30-8-6-15/h1-8,10,16,18-19,21H,9,11-12H2,(H2,30,32,33,38)(H,31,34,35,36). The summed E-state index contributed by atoms with van der Waals surface area (Å²) in [5.41, 5.74) is 1.31. The van der Waals surface area contributed by atoms with E-state index in [0.717, 1.165) is 0 Å². The van der Waals surface area contributed by atoms with E-state index in [1.165, 1.54) is 11.1 Å². The fourth-order valence-corrected chi connectivity index (χ4v) is 5.01. The molecule has 2 aliphatic rings. The van der Waals surface area contributed by atoms with Crippen LogP contribution in [0.4, 0.5) is 33.7 Å². The number of benzene rings is 1. The number of morpholine rings is 1. The summed E-state index contributed by atoms with van der Waals surface area (Å²) < 4.78 is 63.4. The van der Waals surface area contributed by atoms with E-state index in [0.29, 0.717) is 16.9 Å². The predicted molar refractivity (Wildman–Crippen MR) is 133 cm³/mol. The molecule has 3 aromatic heterocycles. The van der Waals surface area contributed by atoms with Crippen LogP contribution in [0.15, 0.2) is 55.0 Å². The van der Waals surface area contributed by atoms with Gasteiger partial charge in [-0.3, -0.25) is 15.0 Å². The first-order chi connectivity index (χ1) is 18.7. The Morgan fingerprint density at radius 1 is 1.05 bits per heavy atom. The summed E-state index contributed by atoms with van der Waals surface area (Å²) >= 11 is 0. The van der Waals surface area contributed by atoms with Crippen molar-refractivity contribution in [3.63, 3.8) is 0 Å². The lowest BCUT2D eigenvalue weighted by Gasteiger charge is -2.38. The highest BCUT2D eigenvalue weighted by molar-refractivity contribution is 5.99. The first kappa shape index (κ1) is 25.1. The number of ether oxygens (including phenoxy) is 1. The van der Waals surface area contributed by atoms with Gasteiger partial charge in [-0.05, 0) is 36.4 Å². The molecule has 10 nitrogen and oxygen atoms in total. The average Bonchev–Trinajstić information content (AvgIpc) is 3.47. The van der Waals surface area contributed by atoms with Crippen LogP contribution >= 0.6 is 0 Å². The largest absolute Gasteiger partial charge is 0.409 e. The van der Waals surface area contributed by atoms with E-state index in [-0.39, 0.29) is 42.1 Å². The SMILES string of the molecule is O=C(Nc1ccncc1)Nc1ccc(-c2nc(C(N3CC4CC(F)C(C3)O4)C(F)(F)F)c3cn[nH]c3n2)cc1. The van der Waals surface area contributed by atoms with Crippen molar-refractivity contribution >= 4 is 28.4 Å². The molecule has 4 unspecified atom stereocenters. The van der Waals surface area contributed by atoms with Gasteiger partial charge in [0.1, 0.15) is 12.3 Å². The summed E-state index contributed by atoms with van der Waals surface area (Å²) in [4.78, 5) is 26.1. The Kier molecular flexibility index (Phi) is 6.35. The Labute approximate surface area is 218 Å². The number of likely N-dealkylation sites (tertiary alicyclic amines) is 1. The monoisotopic (exact) mass is 542 g/mol. The smallest absolute Gasteiger partial charge is 0.369 e. The number of nitrogens with one attached hydrogen (secondary N) is 3. The number of nitrogens with zero attached hydrogens (tertiary/aromatic N) is 5. The minimum atomic E-state index is -4.70. The van der Waals surface area contributed by atoms with E-state index in [1.54, 1.807) is 48.8 Å². The third-order valence-corrected chi connectivity index (χ3v) is 6.72. The number of carbonyl (C=O) groups excluding carboxylic acids is 1. The summed E-state index contributed by atoms with van der Waals surface area (Å²) in [5.74, 6) is 0.0448. The van der Waals surface area contributed by atoms with E-state index in [2.05, 4.69) is 35.8 Å². The van der Waals surface area contributed by atoms with Gasteiger partial charge in [0.25, 0.3) is 0 Å². The molecule has 0 aliphatic carbocycles. The van der Waals surface area contributed by atoms with Gasteiger partial charge in [0.15, 0.2) is 17.5 Å². The number of halogens is 4. The molecular formula is C25H22F4N8O2. The molecule has 2 saturated heterocycles. The second kappa shape index (κ2) is 9.85. The van der Waals surface area contributed by atoms with E-state index in [1.807, 2.05) is 0 Å². The van der Waals surface area contributed by atoms with Crippen LogP contribution in [0.5, 0.6) is 0 Å². The number of aromatic amines is 1. The highest BCUT2D eigenvalue weighted by atomic mass is 19.4. The van der Waals surface area contributed by atoms with Crippen LogP contribution in [-0.4, -0.2) is 73.7 Å². The molecular weight excluding hydrogens is 520 g/mol. The van der Waals surface area contributed by atoms with Crippen molar-refractivity contribution in [2.45, 2.75) is 37.0 Å². The normalized spacial score (nSPS) is 22.1. The number of aromatic nitrogens is 5. The first-order valence-corrected chi connectivity index (χ1v) is 12.1. The third kappa shape index (κ3) is 5.12. The van der Waals surface area contributed by atoms with Gasteiger partial charge >= 0.3 is 12.2 Å². The number of fused-ring (bicyclic) bond motifs is 3. The van der Waals surface area contributed by atoms with Crippen LogP contribution in [0, 0.1) is 0 Å². The molecule has 0 radical (unpaired) electrons. The lowest BCUT2D eigenvalue weighted by molar-refractivity contribution is -0.203. The number of pyridine rings is 1. The van der Waals surface area contributed by atoms with Crippen molar-refractivity contribution in [3.05, 3.63) is 60.7 Å². The first-order valence-electron chi connectivity index (χ1n) is 12.1. The highest BCUT2D eigenvalue weighted by Crippen LogP contribution is 2.43. The minimum Gasteiger partial charge on any atom is -0.369 e. The molecule has 202 valence electrons. The van der Waals surface area contributed by atoms with Crippen LogP contribution < -0.4 is 10.6 Å². The van der Waals surface area contributed by atoms with Gasteiger partial charge in [-0.15, -0.1) is 0 Å². The maximum atomic E-state index is 14.5. The van der Waals surface area contributed by atoms with Crippen molar-refractivity contribution in [3.8, 4) is 11.4 Å². The van der Waals surface area contributed by atoms with Gasteiger partial charge in [-0.25, -0.2) is 19.2 Å². The molecule has 5 heterocycles. The van der Waals surface area contributed by atoms with Crippen LogP contribution in [0.2, 0.25) is 0 Å². The molecule has 0 spiro atoms. The Morgan fingerprint density at radius 2 is 1.77 bits per heavy atom. The van der Waals surface area contributed by atoms with E-state index in [9.17, 15) is 22.4 Å². The van der Waals surface area contributed by atoms with Gasteiger partial charge < -0.3 is 15.4 Å². The van der Waals surface area contributed by atoms with E-state index >= 15 is 0 Å². The van der Waals surface area contributed by atoms with Gasteiger partial charge in [-0.2, -0.15) is 18.3 Å². The van der Waals surface area contributed by atoms with Crippen molar-refractivity contribution in [2.24, 2.45) is 0 Å². The third-order valence-electron chi connectivity index (χ3n) is 6.72. The number of rotatable bonds is 5. The number of amides is 2. The summed E-state index contributed by atoms with van der Waals surface area (Å²) in [5, 5.41) is 12.0. The van der Waals surface area contributed by atoms with Gasteiger partial charge in [0.05, 0.1) is 23.4 Å². The second-order valence-electron chi connectivity index (χ2n) is 9.40. The maximum absolute atomic E-state index is 14.5. The topological polar surface area (TPSA) is 121 Å².